The lowest BCUT2D eigenvalue weighted by Crippen LogP contribution is -2.15. The molecule has 0 atom stereocenters. The average molecular weight is 718 g/mol. The third-order valence-corrected chi connectivity index (χ3v) is 12.4. The van der Waals surface area contributed by atoms with E-state index in [1.165, 1.54) is 99.4 Å². The topological polar surface area (TPSA) is 0 Å². The lowest BCUT2D eigenvalue weighted by Gasteiger charge is -2.23. The summed E-state index contributed by atoms with van der Waals surface area (Å²) in [6.07, 6.45) is 0. The molecule has 8 aromatic rings. The van der Waals surface area contributed by atoms with Crippen LogP contribution in [0.1, 0.15) is 49.9 Å². The van der Waals surface area contributed by atoms with Crippen LogP contribution in [0.3, 0.4) is 0 Å². The van der Waals surface area contributed by atoms with Gasteiger partial charge in [0.05, 0.1) is 0 Å². The van der Waals surface area contributed by atoms with Crippen LogP contribution in [0.5, 0.6) is 0 Å². The first-order valence-corrected chi connectivity index (χ1v) is 18.7. The van der Waals surface area contributed by atoms with Crippen molar-refractivity contribution in [3.8, 4) is 55.6 Å². The second-order valence-electron chi connectivity index (χ2n) is 15.6. The molecule has 0 N–H and O–H groups in total. The summed E-state index contributed by atoms with van der Waals surface area (Å²) in [4.78, 5) is 0. The summed E-state index contributed by atoms with van der Waals surface area (Å²) in [6.45, 7) is 9.49. The van der Waals surface area contributed by atoms with Crippen LogP contribution in [0.15, 0.2) is 156 Å². The molecule has 0 bridgehead atoms. The number of hydrogen-bond donors (Lipinski definition) is 0. The zero-order valence-electron chi connectivity index (χ0n) is 29.3. The molecule has 0 aliphatic heterocycles. The Morgan fingerprint density at radius 2 is 0.627 bits per heavy atom. The highest BCUT2D eigenvalue weighted by Gasteiger charge is 2.37. The van der Waals surface area contributed by atoms with Crippen LogP contribution >= 0.6 is 15.9 Å². The van der Waals surface area contributed by atoms with Crippen molar-refractivity contribution in [1.82, 2.24) is 0 Å². The van der Waals surface area contributed by atoms with Crippen LogP contribution in [0.4, 0.5) is 0 Å². The van der Waals surface area contributed by atoms with Gasteiger partial charge in [0.1, 0.15) is 0 Å². The van der Waals surface area contributed by atoms with Crippen LogP contribution in [0.25, 0.3) is 77.2 Å². The lowest BCUT2D eigenvalue weighted by molar-refractivity contribution is 0.659. The van der Waals surface area contributed by atoms with E-state index in [2.05, 4.69) is 195 Å². The molecule has 0 unspecified atom stereocenters. The van der Waals surface area contributed by atoms with E-state index in [0.29, 0.717) is 0 Å². The van der Waals surface area contributed by atoms with E-state index in [-0.39, 0.29) is 10.8 Å². The van der Waals surface area contributed by atoms with Crippen molar-refractivity contribution < 1.29 is 0 Å². The summed E-state index contributed by atoms with van der Waals surface area (Å²) >= 11 is 3.71. The van der Waals surface area contributed by atoms with Gasteiger partial charge in [-0.1, -0.05) is 147 Å². The molecular formula is C50H37Br. The van der Waals surface area contributed by atoms with E-state index in [1.807, 2.05) is 0 Å². The Balaban J connectivity index is 0.975. The monoisotopic (exact) mass is 716 g/mol. The smallest absolute Gasteiger partial charge is 0.0178 e. The molecule has 51 heavy (non-hydrogen) atoms. The van der Waals surface area contributed by atoms with Gasteiger partial charge in [0.2, 0.25) is 0 Å². The van der Waals surface area contributed by atoms with Crippen molar-refractivity contribution in [2.24, 2.45) is 0 Å². The summed E-state index contributed by atoms with van der Waals surface area (Å²) in [5.41, 5.74) is 18.4. The van der Waals surface area contributed by atoms with E-state index in [4.69, 9.17) is 0 Å². The Hall–Kier alpha value is -5.24. The van der Waals surface area contributed by atoms with Gasteiger partial charge in [0.15, 0.2) is 0 Å². The molecule has 0 heterocycles. The second kappa shape index (κ2) is 10.9. The molecular weight excluding hydrogens is 680 g/mol. The first kappa shape index (κ1) is 30.6. The molecule has 0 saturated heterocycles. The highest BCUT2D eigenvalue weighted by Crippen LogP contribution is 2.53. The molecule has 0 amide bonds. The number of halogens is 1. The number of rotatable bonds is 3. The van der Waals surface area contributed by atoms with Crippen LogP contribution in [-0.4, -0.2) is 0 Å². The standard InChI is InChI=1S/C50H37Br/c1-49(2)45-26-37(36-14-13-34-24-33(11-12-35(34)25-36)32-10-9-30-7-5-6-8-31(30)23-32)15-19-41(45)42-20-16-38(27-46(42)49)39-17-21-43-44-22-18-40(51)29-48(44)50(3,4)47(43)28-39/h5-29H,1-4H3. The van der Waals surface area contributed by atoms with Crippen LogP contribution in [-0.2, 0) is 10.8 Å². The molecule has 2 aliphatic carbocycles. The van der Waals surface area contributed by atoms with Crippen molar-refractivity contribution in [3.05, 3.63) is 178 Å². The summed E-state index contributed by atoms with van der Waals surface area (Å²) in [7, 11) is 0. The Morgan fingerprint density at radius 1 is 0.314 bits per heavy atom. The van der Waals surface area contributed by atoms with Gasteiger partial charge in [-0.15, -0.1) is 0 Å². The van der Waals surface area contributed by atoms with Crippen LogP contribution in [0, 0.1) is 0 Å². The number of benzene rings is 8. The third-order valence-electron chi connectivity index (χ3n) is 11.9. The molecule has 1 heteroatoms. The molecule has 0 aromatic heterocycles. The van der Waals surface area contributed by atoms with E-state index in [0.717, 1.165) is 4.47 Å². The zero-order valence-corrected chi connectivity index (χ0v) is 30.9. The number of hydrogen-bond acceptors (Lipinski definition) is 0. The number of fused-ring (bicyclic) bond motifs is 8. The lowest BCUT2D eigenvalue weighted by atomic mass is 9.80. The van der Waals surface area contributed by atoms with Crippen molar-refractivity contribution in [2.75, 3.05) is 0 Å². The van der Waals surface area contributed by atoms with E-state index < -0.39 is 0 Å². The summed E-state index contributed by atoms with van der Waals surface area (Å²) in [5, 5.41) is 5.07. The second-order valence-corrected chi connectivity index (χ2v) is 16.5. The molecule has 0 fully saturated rings. The average Bonchev–Trinajstić information content (AvgIpc) is 3.52. The third kappa shape index (κ3) is 4.64. The summed E-state index contributed by atoms with van der Waals surface area (Å²) in [5.74, 6) is 0. The van der Waals surface area contributed by atoms with Gasteiger partial charge >= 0.3 is 0 Å². The van der Waals surface area contributed by atoms with Crippen molar-refractivity contribution >= 4 is 37.5 Å². The van der Waals surface area contributed by atoms with Gasteiger partial charge in [-0.05, 0) is 148 Å². The quantitative estimate of drug-likeness (QED) is 0.171. The van der Waals surface area contributed by atoms with Gasteiger partial charge in [0, 0.05) is 15.3 Å². The van der Waals surface area contributed by atoms with E-state index >= 15 is 0 Å². The Labute approximate surface area is 308 Å². The summed E-state index contributed by atoms with van der Waals surface area (Å²) in [6, 6.07) is 57.1. The minimum atomic E-state index is -0.110. The largest absolute Gasteiger partial charge is 0.0616 e. The normalized spacial score (nSPS) is 14.7. The fraction of sp³-hybridized carbons (Fsp3) is 0.120. The minimum Gasteiger partial charge on any atom is -0.0616 e. The maximum absolute atomic E-state index is 3.71. The fourth-order valence-electron chi connectivity index (χ4n) is 8.96. The fourth-order valence-corrected chi connectivity index (χ4v) is 9.32. The molecule has 8 aromatic carbocycles. The van der Waals surface area contributed by atoms with Gasteiger partial charge in [-0.25, -0.2) is 0 Å². The van der Waals surface area contributed by atoms with Crippen molar-refractivity contribution in [1.29, 1.82) is 0 Å². The maximum Gasteiger partial charge on any atom is 0.0178 e. The Kier molecular flexibility index (Phi) is 6.52. The Bertz CT molecular complexity index is 2760. The SMILES string of the molecule is CC1(C)c2cc(Br)ccc2-c2ccc(-c3ccc4c(c3)C(C)(C)c3cc(-c5ccc6cc(-c7ccc8ccccc8c7)ccc6c5)ccc3-4)cc21. The van der Waals surface area contributed by atoms with Crippen molar-refractivity contribution in [2.45, 2.75) is 38.5 Å². The molecule has 0 radical (unpaired) electrons. The highest BCUT2D eigenvalue weighted by atomic mass is 79.9. The maximum atomic E-state index is 3.71. The van der Waals surface area contributed by atoms with Gasteiger partial charge in [-0.3, -0.25) is 0 Å². The molecule has 0 nitrogen and oxygen atoms in total. The van der Waals surface area contributed by atoms with E-state index in [1.54, 1.807) is 0 Å². The minimum absolute atomic E-state index is 0.0463. The van der Waals surface area contributed by atoms with E-state index in [9.17, 15) is 0 Å². The highest BCUT2D eigenvalue weighted by molar-refractivity contribution is 9.10. The first-order valence-electron chi connectivity index (χ1n) is 17.9. The van der Waals surface area contributed by atoms with Gasteiger partial charge < -0.3 is 0 Å². The Morgan fingerprint density at radius 3 is 1.08 bits per heavy atom. The zero-order chi connectivity index (χ0) is 34.6. The molecule has 0 saturated carbocycles. The summed E-state index contributed by atoms with van der Waals surface area (Å²) < 4.78 is 1.14. The van der Waals surface area contributed by atoms with Crippen molar-refractivity contribution in [3.63, 3.8) is 0 Å². The van der Waals surface area contributed by atoms with Gasteiger partial charge in [0.25, 0.3) is 0 Å². The predicted octanol–water partition coefficient (Wildman–Crippen LogP) is 14.4. The van der Waals surface area contributed by atoms with Crippen LogP contribution in [0.2, 0.25) is 0 Å². The predicted molar refractivity (Wildman–Crippen MR) is 221 cm³/mol. The first-order chi connectivity index (χ1) is 24.6. The molecule has 10 rings (SSSR count). The van der Waals surface area contributed by atoms with Crippen LogP contribution < -0.4 is 0 Å². The molecule has 2 aliphatic rings. The van der Waals surface area contributed by atoms with Gasteiger partial charge in [-0.2, -0.15) is 0 Å². The molecule has 244 valence electrons. The molecule has 0 spiro atoms.